The summed E-state index contributed by atoms with van der Waals surface area (Å²) in [7, 11) is 1.72. The van der Waals surface area contributed by atoms with Gasteiger partial charge in [0.05, 0.1) is 40.2 Å². The first-order valence-electron chi connectivity index (χ1n) is 12.4. The number of hydrogen-bond donors (Lipinski definition) is 1. The molecule has 0 bridgehead atoms. The predicted molar refractivity (Wildman–Crippen MR) is 144 cm³/mol. The fourth-order valence-electron chi connectivity index (χ4n) is 5.46. The highest BCUT2D eigenvalue weighted by Gasteiger charge is 2.35. The number of rotatable bonds is 3. The first kappa shape index (κ1) is 24.9. The minimum atomic E-state index is -1.05. The number of imidazole rings is 1. The normalized spacial score (nSPS) is 15.2. The Morgan fingerprint density at radius 2 is 1.85 bits per heavy atom. The molecule has 0 unspecified atom stereocenters. The third-order valence-corrected chi connectivity index (χ3v) is 8.07. The standard InChI is InChI=1S/C27H25ClFN7O3/c1-14-11-17(12-15(2)23(14)28)36-25(22-16(3)33(27(38)39)8-7-19(22)31-36)35-10-9-34(26(35)37)21-6-5-20-18(24(21)29)13-30-32(20)4/h5-6,9-13,16H,7-8H2,1-4H3,(H,38,39)/t16-/m0/s1. The minimum Gasteiger partial charge on any atom is -0.465 e. The Kier molecular flexibility index (Phi) is 5.65. The third kappa shape index (κ3) is 3.68. The summed E-state index contributed by atoms with van der Waals surface area (Å²) in [6.07, 6.45) is 3.80. The number of hydrogen-bond acceptors (Lipinski definition) is 4. The van der Waals surface area contributed by atoms with Gasteiger partial charge in [-0.25, -0.2) is 18.7 Å². The van der Waals surface area contributed by atoms with Crippen LogP contribution in [-0.2, 0) is 13.5 Å². The van der Waals surface area contributed by atoms with E-state index in [4.69, 9.17) is 16.7 Å². The van der Waals surface area contributed by atoms with Crippen molar-refractivity contribution in [2.45, 2.75) is 33.2 Å². The molecule has 0 radical (unpaired) electrons. The molecule has 1 atom stereocenters. The van der Waals surface area contributed by atoms with E-state index in [0.717, 1.165) is 11.1 Å². The molecule has 4 heterocycles. The molecular formula is C27H25ClFN7O3. The fourth-order valence-corrected chi connectivity index (χ4v) is 5.57. The molecule has 200 valence electrons. The molecule has 12 heteroatoms. The number of carboxylic acid groups (broad SMARTS) is 1. The summed E-state index contributed by atoms with van der Waals surface area (Å²) in [4.78, 5) is 27.2. The van der Waals surface area contributed by atoms with Gasteiger partial charge < -0.3 is 10.0 Å². The molecular weight excluding hydrogens is 525 g/mol. The highest BCUT2D eigenvalue weighted by Crippen LogP contribution is 2.36. The Balaban J connectivity index is 1.60. The highest BCUT2D eigenvalue weighted by molar-refractivity contribution is 6.32. The van der Waals surface area contributed by atoms with Crippen LogP contribution in [0.4, 0.5) is 9.18 Å². The summed E-state index contributed by atoms with van der Waals surface area (Å²) in [5, 5.41) is 19.7. The molecule has 5 aromatic rings. The molecule has 1 N–H and O–H groups in total. The Bertz CT molecular complexity index is 1840. The van der Waals surface area contributed by atoms with Crippen LogP contribution in [0, 0.1) is 19.7 Å². The van der Waals surface area contributed by atoms with Crippen molar-refractivity contribution in [1.29, 1.82) is 0 Å². The van der Waals surface area contributed by atoms with Gasteiger partial charge in [0.15, 0.2) is 5.82 Å². The van der Waals surface area contributed by atoms with E-state index < -0.39 is 23.6 Å². The van der Waals surface area contributed by atoms with Crippen LogP contribution in [0.2, 0.25) is 5.02 Å². The van der Waals surface area contributed by atoms with E-state index >= 15 is 4.39 Å². The van der Waals surface area contributed by atoms with Crippen LogP contribution in [0.25, 0.3) is 28.1 Å². The molecule has 6 rings (SSSR count). The Hall–Kier alpha value is -4.38. The summed E-state index contributed by atoms with van der Waals surface area (Å²) in [5.41, 5.74) is 3.83. The second-order valence-electron chi connectivity index (χ2n) is 9.81. The first-order chi connectivity index (χ1) is 18.6. The molecule has 2 aromatic carbocycles. The second-order valence-corrected chi connectivity index (χ2v) is 10.2. The van der Waals surface area contributed by atoms with E-state index in [-0.39, 0.29) is 12.2 Å². The molecule has 0 fully saturated rings. The van der Waals surface area contributed by atoms with Gasteiger partial charge in [-0.2, -0.15) is 10.2 Å². The SMILES string of the molecule is Cc1cc(-n2nc3c(c2-n2ccn(-c4ccc5c(cnn5C)c4F)c2=O)[C@H](C)N(C(=O)O)CC3)cc(C)c1Cl. The summed E-state index contributed by atoms with van der Waals surface area (Å²) in [6.45, 7) is 5.83. The van der Waals surface area contributed by atoms with Crippen LogP contribution in [0.5, 0.6) is 0 Å². The van der Waals surface area contributed by atoms with Gasteiger partial charge in [-0.05, 0) is 56.2 Å². The van der Waals surface area contributed by atoms with Crippen LogP contribution < -0.4 is 5.69 Å². The number of aryl methyl sites for hydroxylation is 3. The van der Waals surface area contributed by atoms with E-state index in [2.05, 4.69) is 5.10 Å². The summed E-state index contributed by atoms with van der Waals surface area (Å²) < 4.78 is 21.3. The maximum Gasteiger partial charge on any atom is 0.407 e. The first-order valence-corrected chi connectivity index (χ1v) is 12.8. The topological polar surface area (TPSA) is 103 Å². The summed E-state index contributed by atoms with van der Waals surface area (Å²) in [5.74, 6) is -0.165. The summed E-state index contributed by atoms with van der Waals surface area (Å²) in [6, 6.07) is 6.42. The van der Waals surface area contributed by atoms with Gasteiger partial charge in [-0.1, -0.05) is 11.6 Å². The van der Waals surface area contributed by atoms with Crippen molar-refractivity contribution in [3.8, 4) is 17.2 Å². The number of benzene rings is 2. The molecule has 39 heavy (non-hydrogen) atoms. The number of aromatic nitrogens is 6. The molecule has 1 aliphatic heterocycles. The lowest BCUT2D eigenvalue weighted by Crippen LogP contribution is -2.38. The molecule has 10 nitrogen and oxygen atoms in total. The largest absolute Gasteiger partial charge is 0.465 e. The number of nitrogens with zero attached hydrogens (tertiary/aromatic N) is 7. The number of amides is 1. The highest BCUT2D eigenvalue weighted by atomic mass is 35.5. The van der Waals surface area contributed by atoms with Crippen molar-refractivity contribution in [3.63, 3.8) is 0 Å². The van der Waals surface area contributed by atoms with E-state index in [1.54, 1.807) is 41.7 Å². The average molecular weight is 550 g/mol. The summed E-state index contributed by atoms with van der Waals surface area (Å²) >= 11 is 6.42. The Morgan fingerprint density at radius 1 is 1.15 bits per heavy atom. The molecule has 0 aliphatic carbocycles. The van der Waals surface area contributed by atoms with Crippen LogP contribution in [-0.4, -0.2) is 51.3 Å². The molecule has 0 saturated heterocycles. The van der Waals surface area contributed by atoms with Crippen molar-refractivity contribution in [2.75, 3.05) is 6.54 Å². The minimum absolute atomic E-state index is 0.0811. The van der Waals surface area contributed by atoms with E-state index in [1.165, 1.54) is 26.4 Å². The number of carbonyl (C=O) groups is 1. The maximum atomic E-state index is 15.5. The van der Waals surface area contributed by atoms with Crippen LogP contribution in [0.1, 0.15) is 35.3 Å². The zero-order valence-electron chi connectivity index (χ0n) is 21.7. The Labute approximate surface area is 227 Å². The lowest BCUT2D eigenvalue weighted by molar-refractivity contribution is 0.124. The molecule has 0 saturated carbocycles. The van der Waals surface area contributed by atoms with Crippen molar-refractivity contribution in [2.24, 2.45) is 7.05 Å². The smallest absolute Gasteiger partial charge is 0.407 e. The lowest BCUT2D eigenvalue weighted by atomic mass is 10.00. The van der Waals surface area contributed by atoms with Crippen molar-refractivity contribution < 1.29 is 14.3 Å². The third-order valence-electron chi connectivity index (χ3n) is 7.47. The molecule has 3 aromatic heterocycles. The zero-order chi connectivity index (χ0) is 27.7. The number of halogens is 2. The second kappa shape index (κ2) is 8.84. The fraction of sp³-hybridized carbons (Fsp3) is 0.259. The van der Waals surface area contributed by atoms with Gasteiger partial charge in [0.2, 0.25) is 0 Å². The Morgan fingerprint density at radius 3 is 2.54 bits per heavy atom. The lowest BCUT2D eigenvalue weighted by Gasteiger charge is -2.31. The van der Waals surface area contributed by atoms with E-state index in [0.29, 0.717) is 45.1 Å². The average Bonchev–Trinajstić information content (AvgIpc) is 3.58. The van der Waals surface area contributed by atoms with Gasteiger partial charge >= 0.3 is 11.8 Å². The number of fused-ring (bicyclic) bond motifs is 2. The molecule has 0 spiro atoms. The van der Waals surface area contributed by atoms with Gasteiger partial charge in [-0.15, -0.1) is 0 Å². The zero-order valence-corrected chi connectivity index (χ0v) is 22.4. The van der Waals surface area contributed by atoms with Crippen molar-refractivity contribution in [1.82, 2.24) is 33.6 Å². The maximum absolute atomic E-state index is 15.5. The van der Waals surface area contributed by atoms with Crippen molar-refractivity contribution in [3.05, 3.63) is 86.6 Å². The van der Waals surface area contributed by atoms with Crippen LogP contribution >= 0.6 is 11.6 Å². The van der Waals surface area contributed by atoms with Gasteiger partial charge in [0.25, 0.3) is 0 Å². The quantitative estimate of drug-likeness (QED) is 0.351. The molecule has 1 amide bonds. The van der Waals surface area contributed by atoms with E-state index in [1.807, 2.05) is 26.0 Å². The van der Waals surface area contributed by atoms with Crippen LogP contribution in [0.15, 0.2) is 47.7 Å². The molecule has 1 aliphatic rings. The predicted octanol–water partition coefficient (Wildman–Crippen LogP) is 4.71. The van der Waals surface area contributed by atoms with E-state index in [9.17, 15) is 14.7 Å². The van der Waals surface area contributed by atoms with Gasteiger partial charge in [0, 0.05) is 43.0 Å². The van der Waals surface area contributed by atoms with Crippen molar-refractivity contribution >= 4 is 28.6 Å². The monoisotopic (exact) mass is 549 g/mol. The van der Waals surface area contributed by atoms with Crippen LogP contribution in [0.3, 0.4) is 0 Å². The van der Waals surface area contributed by atoms with Gasteiger partial charge in [0.1, 0.15) is 5.82 Å². The van der Waals surface area contributed by atoms with Gasteiger partial charge in [-0.3, -0.25) is 13.8 Å².